The Kier molecular flexibility index (Phi) is 5.38. The molecule has 20 heavy (non-hydrogen) atoms. The van der Waals surface area contributed by atoms with Crippen molar-refractivity contribution in [3.63, 3.8) is 0 Å². The molecule has 3 nitrogen and oxygen atoms in total. The number of primary amides is 1. The highest BCUT2D eigenvalue weighted by Crippen LogP contribution is 2.24. The molecule has 110 valence electrons. The third kappa shape index (κ3) is 3.93. The summed E-state index contributed by atoms with van der Waals surface area (Å²) < 4.78 is 13.2. The number of halogens is 2. The van der Waals surface area contributed by atoms with Crippen molar-refractivity contribution in [2.75, 3.05) is 0 Å². The first-order chi connectivity index (χ1) is 9.58. The van der Waals surface area contributed by atoms with Gasteiger partial charge in [0.1, 0.15) is 11.9 Å². The zero-order valence-corrected chi connectivity index (χ0v) is 12.1. The van der Waals surface area contributed by atoms with Crippen LogP contribution in [0.15, 0.2) is 18.2 Å². The van der Waals surface area contributed by atoms with Gasteiger partial charge in [0.2, 0.25) is 5.91 Å². The molecule has 1 aromatic rings. The van der Waals surface area contributed by atoms with Gasteiger partial charge in [-0.25, -0.2) is 4.39 Å². The minimum atomic E-state index is -0.615. The Morgan fingerprint density at radius 2 is 1.95 bits per heavy atom. The topological polar surface area (TPSA) is 55.1 Å². The van der Waals surface area contributed by atoms with E-state index in [2.05, 4.69) is 5.32 Å². The Bertz CT molecular complexity index is 473. The molecular weight excluding hydrogens is 279 g/mol. The average molecular weight is 299 g/mol. The summed E-state index contributed by atoms with van der Waals surface area (Å²) in [5.74, 6) is -0.954. The number of carbonyl (C=O) groups is 1. The Balaban J connectivity index is 2.13. The van der Waals surface area contributed by atoms with E-state index < -0.39 is 17.8 Å². The predicted octanol–water partition coefficient (Wildman–Crippen LogP) is 3.32. The van der Waals surface area contributed by atoms with Crippen LogP contribution in [-0.2, 0) is 4.79 Å². The number of amides is 1. The normalized spacial score (nSPS) is 18.5. The monoisotopic (exact) mass is 298 g/mol. The van der Waals surface area contributed by atoms with Crippen LogP contribution in [0, 0.1) is 5.82 Å². The molecule has 0 aliphatic heterocycles. The summed E-state index contributed by atoms with van der Waals surface area (Å²) in [7, 11) is 0. The zero-order chi connectivity index (χ0) is 14.5. The first kappa shape index (κ1) is 15.3. The van der Waals surface area contributed by atoms with E-state index >= 15 is 0 Å². The summed E-state index contributed by atoms with van der Waals surface area (Å²) in [4.78, 5) is 11.7. The molecule has 1 atom stereocenters. The Hall–Kier alpha value is -1.13. The van der Waals surface area contributed by atoms with E-state index in [0.29, 0.717) is 5.56 Å². The van der Waals surface area contributed by atoms with Gasteiger partial charge < -0.3 is 5.73 Å². The molecule has 1 aliphatic carbocycles. The van der Waals surface area contributed by atoms with Crippen molar-refractivity contribution in [2.45, 2.75) is 50.6 Å². The molecule has 5 heteroatoms. The van der Waals surface area contributed by atoms with Crippen molar-refractivity contribution in [3.05, 3.63) is 34.6 Å². The van der Waals surface area contributed by atoms with Crippen molar-refractivity contribution < 1.29 is 9.18 Å². The standard InChI is InChI=1S/C15H20ClFN2O/c16-12-9-10(7-8-13(12)17)14(15(18)20)19-11-5-3-1-2-4-6-11/h7-9,11,14,19H,1-6H2,(H2,18,20). The second-order valence-corrected chi connectivity index (χ2v) is 5.77. The number of hydrogen-bond donors (Lipinski definition) is 2. The highest BCUT2D eigenvalue weighted by molar-refractivity contribution is 6.30. The summed E-state index contributed by atoms with van der Waals surface area (Å²) in [5.41, 5.74) is 6.09. The molecule has 1 saturated carbocycles. The minimum Gasteiger partial charge on any atom is -0.368 e. The predicted molar refractivity (Wildman–Crippen MR) is 78.0 cm³/mol. The van der Waals surface area contributed by atoms with E-state index in [1.54, 1.807) is 6.07 Å². The molecule has 2 rings (SSSR count). The zero-order valence-electron chi connectivity index (χ0n) is 11.4. The van der Waals surface area contributed by atoms with E-state index in [0.717, 1.165) is 25.7 Å². The maximum Gasteiger partial charge on any atom is 0.239 e. The molecule has 0 spiro atoms. The van der Waals surface area contributed by atoms with Gasteiger partial charge in [-0.3, -0.25) is 10.1 Å². The summed E-state index contributed by atoms with van der Waals surface area (Å²) in [6, 6.07) is 3.95. The van der Waals surface area contributed by atoms with Crippen LogP contribution in [0.4, 0.5) is 4.39 Å². The first-order valence-electron chi connectivity index (χ1n) is 7.08. The third-order valence-corrected chi connectivity index (χ3v) is 4.11. The lowest BCUT2D eigenvalue weighted by Crippen LogP contribution is -2.39. The lowest BCUT2D eigenvalue weighted by atomic mass is 10.0. The second-order valence-electron chi connectivity index (χ2n) is 5.36. The Morgan fingerprint density at radius 3 is 2.50 bits per heavy atom. The van der Waals surface area contributed by atoms with Crippen LogP contribution in [-0.4, -0.2) is 11.9 Å². The average Bonchev–Trinajstić information content (AvgIpc) is 2.67. The molecule has 3 N–H and O–H groups in total. The highest BCUT2D eigenvalue weighted by atomic mass is 35.5. The van der Waals surface area contributed by atoms with Crippen LogP contribution in [0.1, 0.15) is 50.1 Å². The quantitative estimate of drug-likeness (QED) is 0.838. The summed E-state index contributed by atoms with van der Waals surface area (Å²) in [6.07, 6.45) is 6.88. The second kappa shape index (κ2) is 7.04. The third-order valence-electron chi connectivity index (χ3n) is 3.82. The van der Waals surface area contributed by atoms with E-state index in [1.807, 2.05) is 0 Å². The molecule has 0 heterocycles. The molecule has 0 aromatic heterocycles. The molecule has 1 unspecified atom stereocenters. The molecule has 0 radical (unpaired) electrons. The smallest absolute Gasteiger partial charge is 0.239 e. The Labute approximate surface area is 123 Å². The molecule has 1 aromatic carbocycles. The van der Waals surface area contributed by atoms with Crippen molar-refractivity contribution >= 4 is 17.5 Å². The molecule has 1 aliphatic rings. The van der Waals surface area contributed by atoms with Crippen molar-refractivity contribution in [1.82, 2.24) is 5.32 Å². The van der Waals surface area contributed by atoms with Gasteiger partial charge >= 0.3 is 0 Å². The summed E-state index contributed by atoms with van der Waals surface area (Å²) in [6.45, 7) is 0. The summed E-state index contributed by atoms with van der Waals surface area (Å²) in [5, 5.41) is 3.31. The molecule has 0 saturated heterocycles. The van der Waals surface area contributed by atoms with Crippen LogP contribution in [0.3, 0.4) is 0 Å². The van der Waals surface area contributed by atoms with Gasteiger partial charge in [-0.2, -0.15) is 0 Å². The number of nitrogens with two attached hydrogens (primary N) is 1. The van der Waals surface area contributed by atoms with E-state index in [1.165, 1.54) is 25.0 Å². The van der Waals surface area contributed by atoms with Crippen LogP contribution in [0.25, 0.3) is 0 Å². The lowest BCUT2D eigenvalue weighted by Gasteiger charge is -2.23. The van der Waals surface area contributed by atoms with Crippen LogP contribution in [0.5, 0.6) is 0 Å². The van der Waals surface area contributed by atoms with E-state index in [4.69, 9.17) is 17.3 Å². The fourth-order valence-corrected chi connectivity index (χ4v) is 2.91. The SMILES string of the molecule is NC(=O)C(NC1CCCCCC1)c1ccc(F)c(Cl)c1. The first-order valence-corrected chi connectivity index (χ1v) is 7.46. The number of rotatable bonds is 4. The van der Waals surface area contributed by atoms with Crippen LogP contribution in [0.2, 0.25) is 5.02 Å². The van der Waals surface area contributed by atoms with E-state index in [-0.39, 0.29) is 11.1 Å². The highest BCUT2D eigenvalue weighted by Gasteiger charge is 2.23. The van der Waals surface area contributed by atoms with Crippen molar-refractivity contribution in [3.8, 4) is 0 Å². The van der Waals surface area contributed by atoms with Gasteiger partial charge in [-0.05, 0) is 30.5 Å². The maximum atomic E-state index is 13.2. The molecule has 1 fully saturated rings. The fourth-order valence-electron chi connectivity index (χ4n) is 2.72. The fraction of sp³-hybridized carbons (Fsp3) is 0.533. The van der Waals surface area contributed by atoms with Crippen molar-refractivity contribution in [1.29, 1.82) is 0 Å². The lowest BCUT2D eigenvalue weighted by molar-refractivity contribution is -0.120. The summed E-state index contributed by atoms with van der Waals surface area (Å²) >= 11 is 5.78. The van der Waals surface area contributed by atoms with Gasteiger partial charge in [0.05, 0.1) is 5.02 Å². The van der Waals surface area contributed by atoms with Crippen LogP contribution < -0.4 is 11.1 Å². The van der Waals surface area contributed by atoms with Gasteiger partial charge in [0, 0.05) is 6.04 Å². The largest absolute Gasteiger partial charge is 0.368 e. The van der Waals surface area contributed by atoms with Gasteiger partial charge in [0.15, 0.2) is 0 Å². The molecule has 1 amide bonds. The number of benzene rings is 1. The Morgan fingerprint density at radius 1 is 1.30 bits per heavy atom. The number of nitrogens with one attached hydrogen (secondary N) is 1. The van der Waals surface area contributed by atoms with Gasteiger partial charge in [-0.1, -0.05) is 43.4 Å². The number of carbonyl (C=O) groups excluding carboxylic acids is 1. The minimum absolute atomic E-state index is 0.0106. The number of hydrogen-bond acceptors (Lipinski definition) is 2. The van der Waals surface area contributed by atoms with Gasteiger partial charge in [0.25, 0.3) is 0 Å². The van der Waals surface area contributed by atoms with Crippen molar-refractivity contribution in [2.24, 2.45) is 5.73 Å². The van der Waals surface area contributed by atoms with Gasteiger partial charge in [-0.15, -0.1) is 0 Å². The molecular formula is C15H20ClFN2O. The van der Waals surface area contributed by atoms with E-state index in [9.17, 15) is 9.18 Å². The molecule has 0 bridgehead atoms. The van der Waals surface area contributed by atoms with Crippen LogP contribution >= 0.6 is 11.6 Å². The maximum absolute atomic E-state index is 13.2.